The fourth-order valence-corrected chi connectivity index (χ4v) is 1.78. The highest BCUT2D eigenvalue weighted by Gasteiger charge is 2.18. The van der Waals surface area contributed by atoms with Crippen LogP contribution in [0.4, 0.5) is 8.78 Å². The van der Waals surface area contributed by atoms with Crippen molar-refractivity contribution in [3.05, 3.63) is 26.6 Å². The number of nitriles is 2. The molecule has 0 aliphatic carbocycles. The van der Waals surface area contributed by atoms with Crippen LogP contribution in [0.15, 0.2) is 6.20 Å². The predicted octanol–water partition coefficient (Wildman–Crippen LogP) is 2.56. The van der Waals surface area contributed by atoms with Crippen LogP contribution >= 0.6 is 22.6 Å². The number of hydrogen-bond acceptors (Lipinski definition) is 3. The molecule has 0 N–H and O–H groups in total. The lowest BCUT2D eigenvalue weighted by atomic mass is 10.1. The maximum absolute atomic E-state index is 12.5. The van der Waals surface area contributed by atoms with Crippen LogP contribution in [-0.2, 0) is 6.42 Å². The van der Waals surface area contributed by atoms with Gasteiger partial charge in [0.1, 0.15) is 6.07 Å². The molecule has 0 fully saturated rings. The van der Waals surface area contributed by atoms with Gasteiger partial charge in [0.25, 0.3) is 6.43 Å². The first-order valence-corrected chi connectivity index (χ1v) is 4.92. The molecular weight excluding hydrogens is 315 g/mol. The van der Waals surface area contributed by atoms with Gasteiger partial charge in [0, 0.05) is 6.20 Å². The average Bonchev–Trinajstić information content (AvgIpc) is 2.20. The van der Waals surface area contributed by atoms with E-state index in [0.717, 1.165) is 6.20 Å². The van der Waals surface area contributed by atoms with Crippen molar-refractivity contribution in [2.45, 2.75) is 12.8 Å². The summed E-state index contributed by atoms with van der Waals surface area (Å²) in [5.74, 6) is 0. The summed E-state index contributed by atoms with van der Waals surface area (Å²) in [7, 11) is 0. The normalized spacial score (nSPS) is 9.73. The highest BCUT2D eigenvalue weighted by molar-refractivity contribution is 14.1. The van der Waals surface area contributed by atoms with Crippen molar-refractivity contribution in [3.8, 4) is 12.1 Å². The second kappa shape index (κ2) is 4.99. The summed E-state index contributed by atoms with van der Waals surface area (Å²) in [4.78, 5) is 3.74. The van der Waals surface area contributed by atoms with Crippen LogP contribution < -0.4 is 0 Å². The Morgan fingerprint density at radius 2 is 2.13 bits per heavy atom. The minimum atomic E-state index is -2.73. The minimum absolute atomic E-state index is 0.0104. The predicted molar refractivity (Wildman–Crippen MR) is 55.9 cm³/mol. The maximum atomic E-state index is 12.5. The number of pyridine rings is 1. The second-order valence-electron chi connectivity index (χ2n) is 2.60. The maximum Gasteiger partial charge on any atom is 0.266 e. The Labute approximate surface area is 98.5 Å². The third kappa shape index (κ3) is 2.39. The molecule has 0 spiro atoms. The molecule has 3 nitrogen and oxygen atoms in total. The van der Waals surface area contributed by atoms with Crippen molar-refractivity contribution in [3.63, 3.8) is 0 Å². The summed E-state index contributed by atoms with van der Waals surface area (Å²) in [5, 5.41) is 17.2. The van der Waals surface area contributed by atoms with Gasteiger partial charge in [0.05, 0.1) is 32.9 Å². The van der Waals surface area contributed by atoms with Crippen LogP contribution in [0.5, 0.6) is 0 Å². The molecular formula is C9H4F2IN3. The lowest BCUT2D eigenvalue weighted by Gasteiger charge is -2.06. The molecule has 0 aliphatic rings. The molecule has 15 heavy (non-hydrogen) atoms. The van der Waals surface area contributed by atoms with Crippen LogP contribution in [0.25, 0.3) is 0 Å². The van der Waals surface area contributed by atoms with E-state index >= 15 is 0 Å². The molecule has 0 unspecified atom stereocenters. The average molecular weight is 319 g/mol. The van der Waals surface area contributed by atoms with Crippen molar-refractivity contribution >= 4 is 22.6 Å². The van der Waals surface area contributed by atoms with Gasteiger partial charge < -0.3 is 0 Å². The molecule has 0 bridgehead atoms. The Morgan fingerprint density at radius 3 is 2.60 bits per heavy atom. The molecule has 1 aromatic heterocycles. The first kappa shape index (κ1) is 11.8. The van der Waals surface area contributed by atoms with Crippen molar-refractivity contribution < 1.29 is 8.78 Å². The van der Waals surface area contributed by atoms with Gasteiger partial charge in [0.15, 0.2) is 0 Å². The number of halogens is 3. The lowest BCUT2D eigenvalue weighted by Crippen LogP contribution is -2.01. The summed E-state index contributed by atoms with van der Waals surface area (Å²) in [6.07, 6.45) is -1.76. The topological polar surface area (TPSA) is 60.5 Å². The van der Waals surface area contributed by atoms with Crippen molar-refractivity contribution in [2.75, 3.05) is 0 Å². The lowest BCUT2D eigenvalue weighted by molar-refractivity contribution is 0.150. The number of aromatic nitrogens is 1. The van der Waals surface area contributed by atoms with E-state index in [0.29, 0.717) is 9.26 Å². The van der Waals surface area contributed by atoms with Gasteiger partial charge in [-0.1, -0.05) is 0 Å². The van der Waals surface area contributed by atoms with E-state index in [-0.39, 0.29) is 17.5 Å². The highest BCUT2D eigenvalue weighted by atomic mass is 127. The molecule has 0 atom stereocenters. The number of alkyl halides is 2. The molecule has 0 aromatic carbocycles. The summed E-state index contributed by atoms with van der Waals surface area (Å²) in [6, 6.07) is 3.57. The van der Waals surface area contributed by atoms with Crippen molar-refractivity contribution in [1.29, 1.82) is 10.5 Å². The number of rotatable bonds is 2. The van der Waals surface area contributed by atoms with E-state index in [1.807, 2.05) is 6.07 Å². The van der Waals surface area contributed by atoms with Gasteiger partial charge >= 0.3 is 0 Å². The fourth-order valence-electron chi connectivity index (χ4n) is 1.02. The Hall–Kier alpha value is -1.28. The summed E-state index contributed by atoms with van der Waals surface area (Å²) >= 11 is 1.75. The zero-order chi connectivity index (χ0) is 11.4. The molecule has 0 radical (unpaired) electrons. The van der Waals surface area contributed by atoms with E-state index in [1.165, 1.54) is 0 Å². The van der Waals surface area contributed by atoms with Crippen molar-refractivity contribution in [1.82, 2.24) is 4.98 Å². The number of hydrogen-bond donors (Lipinski definition) is 0. The molecule has 76 valence electrons. The molecule has 0 amide bonds. The minimum Gasteiger partial charge on any atom is -0.259 e. The van der Waals surface area contributed by atoms with E-state index < -0.39 is 6.43 Å². The van der Waals surface area contributed by atoms with Gasteiger partial charge in [-0.3, -0.25) is 4.98 Å². The van der Waals surface area contributed by atoms with E-state index in [4.69, 9.17) is 10.5 Å². The molecule has 1 heterocycles. The summed E-state index contributed by atoms with van der Waals surface area (Å²) in [5.41, 5.74) is -0.117. The summed E-state index contributed by atoms with van der Waals surface area (Å²) in [6.45, 7) is 0. The molecule has 1 aromatic rings. The third-order valence-electron chi connectivity index (χ3n) is 1.71. The monoisotopic (exact) mass is 319 g/mol. The van der Waals surface area contributed by atoms with Crippen LogP contribution in [0.1, 0.15) is 23.2 Å². The van der Waals surface area contributed by atoms with Gasteiger partial charge in [0.2, 0.25) is 0 Å². The van der Waals surface area contributed by atoms with E-state index in [2.05, 4.69) is 4.98 Å². The second-order valence-corrected chi connectivity index (χ2v) is 3.68. The van der Waals surface area contributed by atoms with Crippen LogP contribution in [0.3, 0.4) is 0 Å². The molecule has 0 saturated carbocycles. The summed E-state index contributed by atoms with van der Waals surface area (Å²) < 4.78 is 25.2. The smallest absolute Gasteiger partial charge is 0.259 e. The van der Waals surface area contributed by atoms with Crippen molar-refractivity contribution in [2.24, 2.45) is 0 Å². The zero-order valence-corrected chi connectivity index (χ0v) is 9.49. The Morgan fingerprint density at radius 1 is 1.47 bits per heavy atom. The van der Waals surface area contributed by atoms with E-state index in [9.17, 15) is 8.78 Å². The molecule has 0 aliphatic heterocycles. The largest absolute Gasteiger partial charge is 0.266 e. The Bertz CT molecular complexity index is 460. The van der Waals surface area contributed by atoms with Gasteiger partial charge in [-0.25, -0.2) is 8.78 Å². The first-order chi connectivity index (χ1) is 7.11. The Balaban J connectivity index is 3.36. The molecule has 6 heteroatoms. The van der Waals surface area contributed by atoms with Crippen LogP contribution in [0.2, 0.25) is 0 Å². The van der Waals surface area contributed by atoms with E-state index in [1.54, 1.807) is 28.7 Å². The molecule has 1 rings (SSSR count). The van der Waals surface area contributed by atoms with Crippen LogP contribution in [0, 0.1) is 26.2 Å². The van der Waals surface area contributed by atoms with Crippen LogP contribution in [-0.4, -0.2) is 4.98 Å². The SMILES string of the molecule is N#CCc1ncc(C(F)F)c(C#N)c1I. The van der Waals surface area contributed by atoms with Gasteiger partial charge in [-0.2, -0.15) is 10.5 Å². The Kier molecular flexibility index (Phi) is 3.92. The molecule has 0 saturated heterocycles. The van der Waals surface area contributed by atoms with Gasteiger partial charge in [-0.05, 0) is 22.6 Å². The fraction of sp³-hybridized carbons (Fsp3) is 0.222. The highest BCUT2D eigenvalue weighted by Crippen LogP contribution is 2.26. The first-order valence-electron chi connectivity index (χ1n) is 3.84. The zero-order valence-electron chi connectivity index (χ0n) is 7.34. The standard InChI is InChI=1S/C9H4F2IN3/c10-9(11)6-4-15-7(1-2-13)8(12)5(6)3-14/h4,9H,1H2. The number of nitrogens with zero attached hydrogens (tertiary/aromatic N) is 3. The van der Waals surface area contributed by atoms with Gasteiger partial charge in [-0.15, -0.1) is 0 Å². The third-order valence-corrected chi connectivity index (χ3v) is 2.88. The quantitative estimate of drug-likeness (QED) is 0.787.